The number of hydrogen-bond acceptors (Lipinski definition) is 3. The van der Waals surface area contributed by atoms with Crippen LogP contribution in [0.5, 0.6) is 0 Å². The molecule has 1 aromatic rings. The first-order chi connectivity index (χ1) is 7.76. The molecular formula is C12H17NO2S. The van der Waals surface area contributed by atoms with Crippen molar-refractivity contribution in [3.05, 3.63) is 29.8 Å². The van der Waals surface area contributed by atoms with Crippen LogP contribution in [0.1, 0.15) is 19.4 Å². The molecule has 3 nitrogen and oxygen atoms in total. The number of nitrogens with one attached hydrogen (secondary N) is 1. The van der Waals surface area contributed by atoms with Crippen molar-refractivity contribution in [2.24, 2.45) is 0 Å². The highest BCUT2D eigenvalue weighted by Crippen LogP contribution is 2.17. The lowest BCUT2D eigenvalue weighted by atomic mass is 10.2. The minimum absolute atomic E-state index is 0.366. The summed E-state index contributed by atoms with van der Waals surface area (Å²) in [5.74, 6) is 1.07. The summed E-state index contributed by atoms with van der Waals surface area (Å²) in [6.07, 6.45) is -0.366. The Hall–Kier alpha value is -1.16. The van der Waals surface area contributed by atoms with Gasteiger partial charge in [-0.3, -0.25) is 0 Å². The highest BCUT2D eigenvalue weighted by molar-refractivity contribution is 7.99. The number of alkyl carbamates (subject to hydrolysis) is 1. The Morgan fingerprint density at radius 3 is 2.56 bits per heavy atom. The van der Waals surface area contributed by atoms with Gasteiger partial charge in [-0.2, -0.15) is 0 Å². The van der Waals surface area contributed by atoms with Crippen LogP contribution < -0.4 is 5.32 Å². The Bertz CT molecular complexity index is 324. The summed E-state index contributed by atoms with van der Waals surface area (Å²) in [5.41, 5.74) is 1.08. The molecule has 0 aromatic heterocycles. The molecule has 4 heteroatoms. The first-order valence-electron chi connectivity index (χ1n) is 5.38. The molecule has 88 valence electrons. The number of ether oxygens (including phenoxy) is 1. The summed E-state index contributed by atoms with van der Waals surface area (Å²) in [5, 5.41) is 2.68. The van der Waals surface area contributed by atoms with Crippen LogP contribution in [0.2, 0.25) is 0 Å². The van der Waals surface area contributed by atoms with Crippen LogP contribution in [-0.2, 0) is 11.3 Å². The quantitative estimate of drug-likeness (QED) is 0.803. The third-order valence-electron chi connectivity index (χ3n) is 1.95. The molecule has 0 radical (unpaired) electrons. The van der Waals surface area contributed by atoms with E-state index >= 15 is 0 Å². The van der Waals surface area contributed by atoms with Gasteiger partial charge in [0.05, 0.1) is 6.61 Å². The zero-order chi connectivity index (χ0) is 11.8. The van der Waals surface area contributed by atoms with E-state index in [4.69, 9.17) is 4.74 Å². The van der Waals surface area contributed by atoms with Gasteiger partial charge in [0.15, 0.2) is 0 Å². The molecule has 0 saturated carbocycles. The van der Waals surface area contributed by atoms with E-state index < -0.39 is 0 Å². The van der Waals surface area contributed by atoms with Crippen molar-refractivity contribution in [3.63, 3.8) is 0 Å². The lowest BCUT2D eigenvalue weighted by Crippen LogP contribution is -2.23. The van der Waals surface area contributed by atoms with Crippen molar-refractivity contribution in [1.29, 1.82) is 0 Å². The van der Waals surface area contributed by atoms with Crippen molar-refractivity contribution in [2.45, 2.75) is 25.3 Å². The average molecular weight is 239 g/mol. The van der Waals surface area contributed by atoms with Crippen molar-refractivity contribution in [3.8, 4) is 0 Å². The molecule has 0 fully saturated rings. The number of rotatable bonds is 5. The predicted molar refractivity (Wildman–Crippen MR) is 66.7 cm³/mol. The second-order valence-corrected chi connectivity index (χ2v) is 4.49. The maximum absolute atomic E-state index is 11.0. The Morgan fingerprint density at radius 2 is 2.00 bits per heavy atom. The summed E-state index contributed by atoms with van der Waals surface area (Å²) >= 11 is 1.80. The van der Waals surface area contributed by atoms with Crippen molar-refractivity contribution < 1.29 is 9.53 Å². The molecule has 1 amide bonds. The van der Waals surface area contributed by atoms with Crippen molar-refractivity contribution in [2.75, 3.05) is 12.4 Å². The van der Waals surface area contributed by atoms with E-state index in [1.165, 1.54) is 4.90 Å². The molecule has 0 unspecified atom stereocenters. The normalized spacial score (nSPS) is 9.88. The van der Waals surface area contributed by atoms with Crippen molar-refractivity contribution in [1.82, 2.24) is 5.32 Å². The molecule has 0 atom stereocenters. The first-order valence-corrected chi connectivity index (χ1v) is 6.37. The zero-order valence-electron chi connectivity index (χ0n) is 9.66. The van der Waals surface area contributed by atoms with Crippen LogP contribution in [0.3, 0.4) is 0 Å². The molecule has 0 aliphatic carbocycles. The number of amides is 1. The molecule has 1 N–H and O–H groups in total. The molecule has 0 heterocycles. The van der Waals surface area contributed by atoms with Crippen molar-refractivity contribution >= 4 is 17.9 Å². The minimum atomic E-state index is -0.366. The van der Waals surface area contributed by atoms with Gasteiger partial charge in [0.2, 0.25) is 0 Å². The molecule has 1 rings (SSSR count). The molecule has 0 aliphatic heterocycles. The van der Waals surface area contributed by atoms with Gasteiger partial charge in [-0.25, -0.2) is 4.79 Å². The molecule has 0 aliphatic rings. The molecule has 0 bridgehead atoms. The number of carbonyl (C=O) groups is 1. The van der Waals surface area contributed by atoms with Crippen LogP contribution in [0.15, 0.2) is 29.2 Å². The van der Waals surface area contributed by atoms with Crippen LogP contribution in [0.4, 0.5) is 4.79 Å². The maximum Gasteiger partial charge on any atom is 0.407 e. The van der Waals surface area contributed by atoms with E-state index in [1.54, 1.807) is 18.7 Å². The van der Waals surface area contributed by atoms with Gasteiger partial charge in [0, 0.05) is 11.4 Å². The first kappa shape index (κ1) is 12.9. The summed E-state index contributed by atoms with van der Waals surface area (Å²) < 4.78 is 4.77. The van der Waals surface area contributed by atoms with E-state index in [1.807, 2.05) is 12.1 Å². The number of benzene rings is 1. The van der Waals surface area contributed by atoms with Gasteiger partial charge in [-0.15, -0.1) is 11.8 Å². The van der Waals surface area contributed by atoms with Crippen LogP contribution in [0, 0.1) is 0 Å². The largest absolute Gasteiger partial charge is 0.450 e. The lowest BCUT2D eigenvalue weighted by molar-refractivity contribution is 0.151. The Kier molecular flexibility index (Phi) is 5.78. The Balaban J connectivity index is 2.40. The third kappa shape index (κ3) is 4.57. The highest BCUT2D eigenvalue weighted by atomic mass is 32.2. The number of hydrogen-bond donors (Lipinski definition) is 1. The fraction of sp³-hybridized carbons (Fsp3) is 0.417. The van der Waals surface area contributed by atoms with Crippen LogP contribution in [-0.4, -0.2) is 18.5 Å². The minimum Gasteiger partial charge on any atom is -0.450 e. The Labute approximate surface area is 101 Å². The van der Waals surface area contributed by atoms with E-state index in [0.717, 1.165) is 11.3 Å². The molecule has 16 heavy (non-hydrogen) atoms. The van der Waals surface area contributed by atoms with Gasteiger partial charge in [0.25, 0.3) is 0 Å². The zero-order valence-corrected chi connectivity index (χ0v) is 10.5. The third-order valence-corrected chi connectivity index (χ3v) is 2.84. The Morgan fingerprint density at radius 1 is 1.31 bits per heavy atom. The van der Waals surface area contributed by atoms with E-state index in [-0.39, 0.29) is 6.09 Å². The lowest BCUT2D eigenvalue weighted by Gasteiger charge is -2.05. The highest BCUT2D eigenvalue weighted by Gasteiger charge is 2.00. The summed E-state index contributed by atoms with van der Waals surface area (Å²) in [6.45, 7) is 4.82. The predicted octanol–water partition coefficient (Wildman–Crippen LogP) is 3.04. The molecule has 0 saturated heterocycles. The fourth-order valence-electron chi connectivity index (χ4n) is 1.23. The molecular weight excluding hydrogens is 222 g/mol. The standard InChI is InChI=1S/C12H17NO2S/c1-3-15-12(14)13-9-10-5-7-11(8-6-10)16-4-2/h5-8H,3-4,9H2,1-2H3,(H,13,14). The number of carbonyl (C=O) groups excluding carboxylic acids is 1. The van der Waals surface area contributed by atoms with Crippen LogP contribution in [0.25, 0.3) is 0 Å². The summed E-state index contributed by atoms with van der Waals surface area (Å²) in [6, 6.07) is 8.17. The van der Waals surface area contributed by atoms with Crippen LogP contribution >= 0.6 is 11.8 Å². The second-order valence-electron chi connectivity index (χ2n) is 3.15. The monoisotopic (exact) mass is 239 g/mol. The fourth-order valence-corrected chi connectivity index (χ4v) is 1.89. The molecule has 1 aromatic carbocycles. The van der Waals surface area contributed by atoms with Gasteiger partial charge < -0.3 is 10.1 Å². The SMILES string of the molecule is CCOC(=O)NCc1ccc(SCC)cc1. The number of thioether (sulfide) groups is 1. The summed E-state index contributed by atoms with van der Waals surface area (Å²) in [7, 11) is 0. The summed E-state index contributed by atoms with van der Waals surface area (Å²) in [4.78, 5) is 12.3. The topological polar surface area (TPSA) is 38.3 Å². The maximum atomic E-state index is 11.0. The van der Waals surface area contributed by atoms with Gasteiger partial charge in [-0.05, 0) is 30.4 Å². The smallest absolute Gasteiger partial charge is 0.407 e. The van der Waals surface area contributed by atoms with Gasteiger partial charge in [0.1, 0.15) is 0 Å². The van der Waals surface area contributed by atoms with E-state index in [0.29, 0.717) is 13.2 Å². The average Bonchev–Trinajstić information content (AvgIpc) is 2.29. The van der Waals surface area contributed by atoms with E-state index in [2.05, 4.69) is 24.4 Å². The second kappa shape index (κ2) is 7.17. The van der Waals surface area contributed by atoms with Gasteiger partial charge >= 0.3 is 6.09 Å². The molecule has 0 spiro atoms. The van der Waals surface area contributed by atoms with E-state index in [9.17, 15) is 4.79 Å². The van der Waals surface area contributed by atoms with Gasteiger partial charge in [-0.1, -0.05) is 19.1 Å².